The number of rotatable bonds is 6. The van der Waals surface area contributed by atoms with Crippen LogP contribution in [-0.4, -0.2) is 14.6 Å². The zero-order valence-electron chi connectivity index (χ0n) is 15.6. The Morgan fingerprint density at radius 3 is 2.72 bits per heavy atom. The lowest BCUT2D eigenvalue weighted by atomic mass is 9.92. The molecule has 0 amide bonds. The summed E-state index contributed by atoms with van der Waals surface area (Å²) in [5, 5.41) is 18.0. The molecule has 0 aliphatic carbocycles. The Hall–Kier alpha value is -2.96. The number of nitrogens with two attached hydrogens (primary N) is 1. The van der Waals surface area contributed by atoms with Crippen LogP contribution in [-0.2, 0) is 17.5 Å². The van der Waals surface area contributed by atoms with Crippen molar-refractivity contribution in [1.29, 1.82) is 5.26 Å². The van der Waals surface area contributed by atoms with Gasteiger partial charge < -0.3 is 11.1 Å². The van der Waals surface area contributed by atoms with Gasteiger partial charge in [-0.15, -0.1) is 0 Å². The summed E-state index contributed by atoms with van der Waals surface area (Å²) < 4.78 is 2.61. The fourth-order valence-electron chi connectivity index (χ4n) is 3.56. The molecule has 0 saturated heterocycles. The first-order valence-corrected chi connectivity index (χ1v) is 10.7. The zero-order chi connectivity index (χ0) is 20.2. The Balaban J connectivity index is 1.96. The molecule has 144 valence electrons. The Bertz CT molecular complexity index is 1190. The molecule has 0 spiro atoms. The van der Waals surface area contributed by atoms with Gasteiger partial charge in [-0.05, 0) is 28.8 Å². The van der Waals surface area contributed by atoms with Gasteiger partial charge in [0.25, 0.3) is 0 Å². The summed E-state index contributed by atoms with van der Waals surface area (Å²) in [6.07, 6.45) is 5.28. The second-order valence-corrected chi connectivity index (χ2v) is 7.29. The SMILES string of the molecule is N#Cc1c(-c2ccccc2CI)c(CN)c2ccnn2c1NCc1cccnc1. The van der Waals surface area contributed by atoms with E-state index in [1.165, 1.54) is 5.56 Å². The minimum absolute atomic E-state index is 0.317. The van der Waals surface area contributed by atoms with Crippen LogP contribution in [0.4, 0.5) is 5.82 Å². The van der Waals surface area contributed by atoms with Crippen LogP contribution in [0.25, 0.3) is 16.6 Å². The predicted molar refractivity (Wildman–Crippen MR) is 123 cm³/mol. The molecule has 7 heteroatoms. The lowest BCUT2D eigenvalue weighted by Crippen LogP contribution is -2.13. The highest BCUT2D eigenvalue weighted by Crippen LogP contribution is 2.37. The second kappa shape index (κ2) is 8.59. The third kappa shape index (κ3) is 3.57. The average Bonchev–Trinajstić information content (AvgIpc) is 3.26. The number of hydrogen-bond acceptors (Lipinski definition) is 5. The molecule has 0 radical (unpaired) electrons. The van der Waals surface area contributed by atoms with Crippen molar-refractivity contribution in [1.82, 2.24) is 14.6 Å². The van der Waals surface area contributed by atoms with E-state index in [1.807, 2.05) is 30.3 Å². The molecular formula is C22H19IN6. The number of nitriles is 1. The van der Waals surface area contributed by atoms with E-state index in [9.17, 15) is 5.26 Å². The van der Waals surface area contributed by atoms with E-state index >= 15 is 0 Å². The monoisotopic (exact) mass is 494 g/mol. The molecule has 0 aliphatic rings. The topological polar surface area (TPSA) is 92.0 Å². The van der Waals surface area contributed by atoms with E-state index in [1.54, 1.807) is 23.1 Å². The van der Waals surface area contributed by atoms with Gasteiger partial charge in [0.05, 0.1) is 11.7 Å². The Morgan fingerprint density at radius 2 is 2.00 bits per heavy atom. The van der Waals surface area contributed by atoms with E-state index in [2.05, 4.69) is 56.2 Å². The van der Waals surface area contributed by atoms with Crippen molar-refractivity contribution in [3.8, 4) is 17.2 Å². The first-order valence-electron chi connectivity index (χ1n) is 9.18. The lowest BCUT2D eigenvalue weighted by Gasteiger charge is -2.19. The number of nitrogens with zero attached hydrogens (tertiary/aromatic N) is 4. The highest BCUT2D eigenvalue weighted by atomic mass is 127. The smallest absolute Gasteiger partial charge is 0.147 e. The molecule has 0 fully saturated rings. The summed E-state index contributed by atoms with van der Waals surface area (Å²) in [6.45, 7) is 0.852. The summed E-state index contributed by atoms with van der Waals surface area (Å²) in [6, 6.07) is 16.4. The third-order valence-electron chi connectivity index (χ3n) is 4.88. The standard InChI is InChI=1S/C22H19IN6/c23-10-16-5-1-2-6-17(16)21-18(11-24)20-7-9-28-29(20)22(19(21)12-25)27-14-15-4-3-8-26-13-15/h1-9,13,27H,10-11,14,24H2. The van der Waals surface area contributed by atoms with Gasteiger partial charge in [0.15, 0.2) is 0 Å². The van der Waals surface area contributed by atoms with Crippen LogP contribution in [0.15, 0.2) is 61.1 Å². The zero-order valence-corrected chi connectivity index (χ0v) is 17.8. The van der Waals surface area contributed by atoms with Gasteiger partial charge in [-0.3, -0.25) is 4.98 Å². The van der Waals surface area contributed by atoms with E-state index in [0.717, 1.165) is 32.2 Å². The third-order valence-corrected chi connectivity index (χ3v) is 5.70. The molecule has 0 aliphatic heterocycles. The highest BCUT2D eigenvalue weighted by Gasteiger charge is 2.22. The maximum Gasteiger partial charge on any atom is 0.147 e. The van der Waals surface area contributed by atoms with Crippen molar-refractivity contribution >= 4 is 33.9 Å². The number of benzene rings is 1. The van der Waals surface area contributed by atoms with Crippen LogP contribution in [0.1, 0.15) is 22.3 Å². The molecule has 29 heavy (non-hydrogen) atoms. The molecule has 1 aromatic carbocycles. The summed E-state index contributed by atoms with van der Waals surface area (Å²) in [5.74, 6) is 0.659. The van der Waals surface area contributed by atoms with Crippen molar-refractivity contribution in [2.45, 2.75) is 17.5 Å². The van der Waals surface area contributed by atoms with Crippen molar-refractivity contribution in [2.75, 3.05) is 5.32 Å². The minimum atomic E-state index is 0.317. The lowest BCUT2D eigenvalue weighted by molar-refractivity contribution is 0.924. The van der Waals surface area contributed by atoms with Crippen LogP contribution in [0.3, 0.4) is 0 Å². The van der Waals surface area contributed by atoms with Gasteiger partial charge in [0.1, 0.15) is 17.5 Å². The normalized spacial score (nSPS) is 10.8. The molecule has 4 rings (SSSR count). The number of alkyl halides is 1. The van der Waals surface area contributed by atoms with Crippen LogP contribution < -0.4 is 11.1 Å². The maximum absolute atomic E-state index is 10.2. The Labute approximate surface area is 182 Å². The number of aromatic nitrogens is 3. The van der Waals surface area contributed by atoms with E-state index in [0.29, 0.717) is 24.5 Å². The Morgan fingerprint density at radius 1 is 1.14 bits per heavy atom. The predicted octanol–water partition coefficient (Wildman–Crippen LogP) is 4.27. The van der Waals surface area contributed by atoms with Crippen LogP contribution in [0.2, 0.25) is 0 Å². The number of fused-ring (bicyclic) bond motifs is 1. The molecule has 0 unspecified atom stereocenters. The van der Waals surface area contributed by atoms with Gasteiger partial charge in [-0.1, -0.05) is 52.9 Å². The summed E-state index contributed by atoms with van der Waals surface area (Å²) in [4.78, 5) is 4.16. The van der Waals surface area contributed by atoms with Crippen molar-refractivity contribution < 1.29 is 0 Å². The molecular weight excluding hydrogens is 475 g/mol. The van der Waals surface area contributed by atoms with E-state index in [4.69, 9.17) is 5.73 Å². The summed E-state index contributed by atoms with van der Waals surface area (Å²) in [7, 11) is 0. The second-order valence-electron chi connectivity index (χ2n) is 6.53. The number of pyridine rings is 2. The molecule has 0 atom stereocenters. The first kappa shape index (κ1) is 19.4. The Kier molecular flexibility index (Phi) is 5.74. The minimum Gasteiger partial charge on any atom is -0.365 e. The van der Waals surface area contributed by atoms with Crippen molar-refractivity contribution in [3.63, 3.8) is 0 Å². The van der Waals surface area contributed by atoms with Crippen molar-refractivity contribution in [3.05, 3.63) is 83.3 Å². The fourth-order valence-corrected chi connectivity index (χ4v) is 4.22. The maximum atomic E-state index is 10.2. The number of nitrogens with one attached hydrogen (secondary N) is 1. The van der Waals surface area contributed by atoms with Crippen LogP contribution >= 0.6 is 22.6 Å². The van der Waals surface area contributed by atoms with Gasteiger partial charge in [0, 0.05) is 41.0 Å². The van der Waals surface area contributed by atoms with Crippen LogP contribution in [0, 0.1) is 11.3 Å². The van der Waals surface area contributed by atoms with Gasteiger partial charge in [0.2, 0.25) is 0 Å². The van der Waals surface area contributed by atoms with E-state index < -0.39 is 0 Å². The van der Waals surface area contributed by atoms with Gasteiger partial charge in [-0.2, -0.15) is 10.4 Å². The fraction of sp³-hybridized carbons (Fsp3) is 0.136. The quantitative estimate of drug-likeness (QED) is 0.309. The molecule has 3 heterocycles. The number of halogens is 1. The first-order chi connectivity index (χ1) is 14.3. The molecule has 6 nitrogen and oxygen atoms in total. The van der Waals surface area contributed by atoms with Gasteiger partial charge in [-0.25, -0.2) is 4.52 Å². The highest BCUT2D eigenvalue weighted by molar-refractivity contribution is 14.1. The molecule has 0 bridgehead atoms. The van der Waals surface area contributed by atoms with Crippen molar-refractivity contribution in [2.24, 2.45) is 5.73 Å². The average molecular weight is 494 g/mol. The number of anilines is 1. The largest absolute Gasteiger partial charge is 0.365 e. The van der Waals surface area contributed by atoms with Gasteiger partial charge >= 0.3 is 0 Å². The van der Waals surface area contributed by atoms with Crippen LogP contribution in [0.5, 0.6) is 0 Å². The van der Waals surface area contributed by atoms with E-state index in [-0.39, 0.29) is 0 Å². The molecule has 3 aromatic heterocycles. The summed E-state index contributed by atoms with van der Waals surface area (Å²) >= 11 is 2.35. The molecule has 0 saturated carbocycles. The molecule has 4 aromatic rings. The molecule has 3 N–H and O–H groups in total. The summed E-state index contributed by atoms with van der Waals surface area (Å²) in [5.41, 5.74) is 12.6. The number of hydrogen-bond donors (Lipinski definition) is 2.